The van der Waals surface area contributed by atoms with Crippen molar-refractivity contribution in [2.24, 2.45) is 5.92 Å². The standard InChI is InChI=1S/C25H33N7O2/c1-15(2)32-20(12-13-27-32)24(33)29-23(18-8-6-5-7-9-18)25(34)28-21-11-10-19(14-26-21)22-16(3)30-31-17(22)4/h10-15,18,23H,5-9H2,1-4H3,(H,29,33)(H,30,31)(H,26,28,34)/t23-/m0/s1. The molecule has 3 aromatic heterocycles. The number of pyridine rings is 1. The molecule has 2 amide bonds. The molecule has 180 valence electrons. The third kappa shape index (κ3) is 5.03. The van der Waals surface area contributed by atoms with E-state index >= 15 is 0 Å². The maximum Gasteiger partial charge on any atom is 0.270 e. The molecular formula is C25H33N7O2. The van der Waals surface area contributed by atoms with E-state index in [-0.39, 0.29) is 23.8 Å². The first kappa shape index (κ1) is 23.7. The molecule has 0 radical (unpaired) electrons. The fourth-order valence-electron chi connectivity index (χ4n) is 4.78. The summed E-state index contributed by atoms with van der Waals surface area (Å²) in [7, 11) is 0. The Morgan fingerprint density at radius 3 is 2.50 bits per heavy atom. The smallest absolute Gasteiger partial charge is 0.270 e. The van der Waals surface area contributed by atoms with Gasteiger partial charge in [0.05, 0.1) is 5.69 Å². The number of carbonyl (C=O) groups is 2. The summed E-state index contributed by atoms with van der Waals surface area (Å²) in [5, 5.41) is 17.4. The summed E-state index contributed by atoms with van der Waals surface area (Å²) in [4.78, 5) is 30.9. The van der Waals surface area contributed by atoms with Gasteiger partial charge in [0.25, 0.3) is 5.91 Å². The van der Waals surface area contributed by atoms with Gasteiger partial charge >= 0.3 is 0 Å². The highest BCUT2D eigenvalue weighted by molar-refractivity contribution is 6.00. The summed E-state index contributed by atoms with van der Waals surface area (Å²) < 4.78 is 1.67. The third-order valence-corrected chi connectivity index (χ3v) is 6.51. The Labute approximate surface area is 199 Å². The molecule has 0 aliphatic heterocycles. The molecule has 0 saturated heterocycles. The first-order chi connectivity index (χ1) is 16.3. The highest BCUT2D eigenvalue weighted by atomic mass is 16.2. The van der Waals surface area contributed by atoms with Crippen LogP contribution >= 0.6 is 0 Å². The third-order valence-electron chi connectivity index (χ3n) is 6.51. The summed E-state index contributed by atoms with van der Waals surface area (Å²) in [6.07, 6.45) is 8.44. The quantitative estimate of drug-likeness (QED) is 0.486. The van der Waals surface area contributed by atoms with Crippen LogP contribution in [0.25, 0.3) is 11.1 Å². The zero-order valence-corrected chi connectivity index (χ0v) is 20.3. The molecule has 3 heterocycles. The molecule has 9 heteroatoms. The van der Waals surface area contributed by atoms with Crippen LogP contribution in [0.15, 0.2) is 30.6 Å². The number of H-pyrrole nitrogens is 1. The Morgan fingerprint density at radius 2 is 1.88 bits per heavy atom. The maximum absolute atomic E-state index is 13.4. The first-order valence-corrected chi connectivity index (χ1v) is 12.0. The van der Waals surface area contributed by atoms with E-state index in [1.807, 2.05) is 33.8 Å². The molecule has 0 bridgehead atoms. The molecule has 1 atom stereocenters. The van der Waals surface area contributed by atoms with Gasteiger partial charge in [-0.15, -0.1) is 0 Å². The number of aromatic amines is 1. The highest BCUT2D eigenvalue weighted by Gasteiger charge is 2.32. The van der Waals surface area contributed by atoms with Crippen molar-refractivity contribution < 1.29 is 9.59 Å². The predicted octanol–water partition coefficient (Wildman–Crippen LogP) is 4.18. The lowest BCUT2D eigenvalue weighted by atomic mass is 9.83. The number of hydrogen-bond acceptors (Lipinski definition) is 5. The minimum absolute atomic E-state index is 0.0444. The van der Waals surface area contributed by atoms with Crippen molar-refractivity contribution in [1.29, 1.82) is 0 Å². The summed E-state index contributed by atoms with van der Waals surface area (Å²) in [6.45, 7) is 7.85. The van der Waals surface area contributed by atoms with Crippen molar-refractivity contribution in [3.05, 3.63) is 47.7 Å². The van der Waals surface area contributed by atoms with Crippen LogP contribution in [0, 0.1) is 19.8 Å². The number of carbonyl (C=O) groups excluding carboxylic acids is 2. The van der Waals surface area contributed by atoms with Gasteiger partial charge in [0, 0.05) is 35.3 Å². The lowest BCUT2D eigenvalue weighted by Crippen LogP contribution is -2.49. The lowest BCUT2D eigenvalue weighted by molar-refractivity contribution is -0.119. The number of aromatic nitrogens is 5. The zero-order chi connectivity index (χ0) is 24.2. The summed E-state index contributed by atoms with van der Waals surface area (Å²) in [5.41, 5.74) is 4.27. The van der Waals surface area contributed by atoms with Crippen molar-refractivity contribution in [3.8, 4) is 11.1 Å². The van der Waals surface area contributed by atoms with Crippen LogP contribution in [0.3, 0.4) is 0 Å². The molecule has 0 aromatic carbocycles. The van der Waals surface area contributed by atoms with Crippen molar-refractivity contribution in [1.82, 2.24) is 30.3 Å². The van der Waals surface area contributed by atoms with Crippen LogP contribution < -0.4 is 10.6 Å². The van der Waals surface area contributed by atoms with Gasteiger partial charge < -0.3 is 10.6 Å². The number of hydrogen-bond donors (Lipinski definition) is 3. The normalized spacial score (nSPS) is 15.3. The lowest BCUT2D eigenvalue weighted by Gasteiger charge is -2.30. The number of nitrogens with zero attached hydrogens (tertiary/aromatic N) is 4. The van der Waals surface area contributed by atoms with E-state index in [4.69, 9.17) is 0 Å². The first-order valence-electron chi connectivity index (χ1n) is 12.0. The van der Waals surface area contributed by atoms with Gasteiger partial charge in [-0.25, -0.2) is 4.98 Å². The number of anilines is 1. The second-order valence-corrected chi connectivity index (χ2v) is 9.33. The topological polar surface area (TPSA) is 118 Å². The molecule has 4 rings (SSSR count). The van der Waals surface area contributed by atoms with Gasteiger partial charge in [-0.3, -0.25) is 19.4 Å². The molecule has 34 heavy (non-hydrogen) atoms. The van der Waals surface area contributed by atoms with E-state index in [1.54, 1.807) is 29.2 Å². The Balaban J connectivity index is 1.51. The Kier molecular flexibility index (Phi) is 7.09. The molecule has 1 aliphatic rings. The zero-order valence-electron chi connectivity index (χ0n) is 20.3. The molecule has 1 saturated carbocycles. The molecule has 1 aliphatic carbocycles. The average Bonchev–Trinajstić information content (AvgIpc) is 3.45. The largest absolute Gasteiger partial charge is 0.339 e. The van der Waals surface area contributed by atoms with E-state index in [1.165, 1.54) is 0 Å². The Hall–Kier alpha value is -3.49. The highest BCUT2D eigenvalue weighted by Crippen LogP contribution is 2.28. The second kappa shape index (κ2) is 10.2. The summed E-state index contributed by atoms with van der Waals surface area (Å²) >= 11 is 0. The SMILES string of the molecule is Cc1n[nH]c(C)c1-c1ccc(NC(=O)[C@@H](NC(=O)c2ccnn2C(C)C)C2CCCCC2)nc1. The van der Waals surface area contributed by atoms with Crippen LogP contribution in [-0.4, -0.2) is 42.8 Å². The van der Waals surface area contributed by atoms with E-state index in [9.17, 15) is 9.59 Å². The molecule has 9 nitrogen and oxygen atoms in total. The van der Waals surface area contributed by atoms with Gasteiger partial charge in [-0.05, 0) is 64.7 Å². The van der Waals surface area contributed by atoms with Crippen molar-refractivity contribution in [2.75, 3.05) is 5.32 Å². The molecule has 0 spiro atoms. The molecule has 1 fully saturated rings. The van der Waals surface area contributed by atoms with Crippen LogP contribution in [-0.2, 0) is 4.79 Å². The van der Waals surface area contributed by atoms with Crippen LogP contribution in [0.1, 0.15) is 73.9 Å². The van der Waals surface area contributed by atoms with Crippen molar-refractivity contribution >= 4 is 17.6 Å². The molecule has 3 N–H and O–H groups in total. The van der Waals surface area contributed by atoms with E-state index < -0.39 is 6.04 Å². The van der Waals surface area contributed by atoms with E-state index in [0.29, 0.717) is 11.5 Å². The van der Waals surface area contributed by atoms with E-state index in [2.05, 4.69) is 30.9 Å². The van der Waals surface area contributed by atoms with Gasteiger partial charge in [0.1, 0.15) is 17.6 Å². The van der Waals surface area contributed by atoms with Gasteiger partial charge in [-0.1, -0.05) is 19.3 Å². The minimum atomic E-state index is -0.636. The number of aryl methyl sites for hydroxylation is 2. The second-order valence-electron chi connectivity index (χ2n) is 9.33. The van der Waals surface area contributed by atoms with Crippen molar-refractivity contribution in [3.63, 3.8) is 0 Å². The number of nitrogens with one attached hydrogen (secondary N) is 3. The average molecular weight is 464 g/mol. The Morgan fingerprint density at radius 1 is 1.12 bits per heavy atom. The Bertz CT molecular complexity index is 1120. The van der Waals surface area contributed by atoms with Crippen LogP contribution in [0.2, 0.25) is 0 Å². The number of rotatable bonds is 7. The monoisotopic (exact) mass is 463 g/mol. The van der Waals surface area contributed by atoms with E-state index in [0.717, 1.165) is 54.6 Å². The van der Waals surface area contributed by atoms with Gasteiger partial charge in [-0.2, -0.15) is 10.2 Å². The summed E-state index contributed by atoms with van der Waals surface area (Å²) in [6, 6.07) is 4.80. The number of amides is 2. The maximum atomic E-state index is 13.4. The predicted molar refractivity (Wildman–Crippen MR) is 130 cm³/mol. The molecular weight excluding hydrogens is 430 g/mol. The fourth-order valence-corrected chi connectivity index (χ4v) is 4.78. The fraction of sp³-hybridized carbons (Fsp3) is 0.480. The van der Waals surface area contributed by atoms with Gasteiger partial charge in [0.15, 0.2) is 0 Å². The van der Waals surface area contributed by atoms with Crippen LogP contribution in [0.5, 0.6) is 0 Å². The summed E-state index contributed by atoms with van der Waals surface area (Å²) in [5.74, 6) is 0.0105. The van der Waals surface area contributed by atoms with Crippen molar-refractivity contribution in [2.45, 2.75) is 71.9 Å². The molecule has 0 unspecified atom stereocenters. The molecule has 3 aromatic rings. The van der Waals surface area contributed by atoms with Gasteiger partial charge in [0.2, 0.25) is 5.91 Å². The van der Waals surface area contributed by atoms with Crippen LogP contribution in [0.4, 0.5) is 5.82 Å². The minimum Gasteiger partial charge on any atom is -0.339 e.